The highest BCUT2D eigenvalue weighted by atomic mass is 16.2. The fraction of sp³-hybridized carbons (Fsp3) is 0.833. The number of hydrogen-bond donors (Lipinski definition) is 2. The lowest BCUT2D eigenvalue weighted by atomic mass is 10.1. The van der Waals surface area contributed by atoms with Crippen LogP contribution < -0.4 is 11.1 Å². The molecule has 0 saturated carbocycles. The van der Waals surface area contributed by atoms with E-state index in [0.29, 0.717) is 19.5 Å². The van der Waals surface area contributed by atoms with Crippen LogP contribution in [0.5, 0.6) is 0 Å². The van der Waals surface area contributed by atoms with Crippen LogP contribution in [0.25, 0.3) is 0 Å². The first-order chi connectivity index (χ1) is 7.90. The predicted molar refractivity (Wildman–Crippen MR) is 68.4 cm³/mol. The molecule has 0 saturated heterocycles. The molecule has 0 spiro atoms. The van der Waals surface area contributed by atoms with E-state index in [0.717, 1.165) is 0 Å². The number of carbonyl (C=O) groups excluding carboxylic acids is 2. The minimum Gasteiger partial charge on any atom is -0.352 e. The minimum absolute atomic E-state index is 0.00986. The van der Waals surface area contributed by atoms with Crippen molar-refractivity contribution in [2.45, 2.75) is 40.2 Å². The zero-order valence-electron chi connectivity index (χ0n) is 11.3. The van der Waals surface area contributed by atoms with E-state index in [2.05, 4.69) is 5.32 Å². The van der Waals surface area contributed by atoms with Gasteiger partial charge in [-0.2, -0.15) is 0 Å². The minimum atomic E-state index is -0.115. The molecule has 0 heterocycles. The summed E-state index contributed by atoms with van der Waals surface area (Å²) < 4.78 is 0. The number of nitrogens with two attached hydrogens (primary N) is 1. The normalized spacial score (nSPS) is 12.4. The highest BCUT2D eigenvalue weighted by Gasteiger charge is 2.17. The summed E-state index contributed by atoms with van der Waals surface area (Å²) in [4.78, 5) is 25.0. The molecule has 0 radical (unpaired) electrons. The summed E-state index contributed by atoms with van der Waals surface area (Å²) in [5.74, 6) is 0.0321. The van der Waals surface area contributed by atoms with Crippen LogP contribution in [0.3, 0.4) is 0 Å². The van der Waals surface area contributed by atoms with E-state index in [1.54, 1.807) is 4.90 Å². The van der Waals surface area contributed by atoms with Crippen LogP contribution in [0.1, 0.15) is 34.1 Å². The van der Waals surface area contributed by atoms with E-state index in [-0.39, 0.29) is 30.3 Å². The lowest BCUT2D eigenvalue weighted by Gasteiger charge is -2.22. The average molecular weight is 243 g/mol. The molecule has 0 aromatic heterocycles. The molecular formula is C12H25N3O2. The smallest absolute Gasteiger partial charge is 0.239 e. The summed E-state index contributed by atoms with van der Waals surface area (Å²) in [6.45, 7) is 8.75. The number of nitrogens with zero attached hydrogens (tertiary/aromatic N) is 1. The van der Waals surface area contributed by atoms with Gasteiger partial charge in [-0.05, 0) is 33.2 Å². The molecule has 3 N–H and O–H groups in total. The third-order valence-electron chi connectivity index (χ3n) is 2.44. The number of amides is 2. The Morgan fingerprint density at radius 3 is 2.29 bits per heavy atom. The third kappa shape index (κ3) is 6.94. The zero-order valence-corrected chi connectivity index (χ0v) is 11.3. The van der Waals surface area contributed by atoms with Crippen LogP contribution in [0.15, 0.2) is 0 Å². The van der Waals surface area contributed by atoms with Crippen LogP contribution in [0.4, 0.5) is 0 Å². The van der Waals surface area contributed by atoms with Crippen molar-refractivity contribution >= 4 is 11.8 Å². The summed E-state index contributed by atoms with van der Waals surface area (Å²) in [6, 6.07) is 0.0965. The van der Waals surface area contributed by atoms with Crippen molar-refractivity contribution in [1.82, 2.24) is 10.2 Å². The lowest BCUT2D eigenvalue weighted by Crippen LogP contribution is -2.43. The number of carbonyl (C=O) groups is 2. The van der Waals surface area contributed by atoms with Crippen molar-refractivity contribution in [3.05, 3.63) is 0 Å². The van der Waals surface area contributed by atoms with Gasteiger partial charge in [-0.25, -0.2) is 0 Å². The molecule has 1 atom stereocenters. The zero-order chi connectivity index (χ0) is 13.4. The molecule has 0 aromatic rings. The summed E-state index contributed by atoms with van der Waals surface area (Å²) in [6.07, 6.45) is 0.402. The molecule has 0 aliphatic heterocycles. The molecular weight excluding hydrogens is 218 g/mol. The first kappa shape index (κ1) is 15.9. The number of hydrogen-bond acceptors (Lipinski definition) is 3. The summed E-state index contributed by atoms with van der Waals surface area (Å²) in [5, 5.41) is 2.77. The van der Waals surface area contributed by atoms with Crippen molar-refractivity contribution in [2.75, 3.05) is 19.6 Å². The first-order valence-electron chi connectivity index (χ1n) is 6.17. The fourth-order valence-electron chi connectivity index (χ4n) is 1.43. The van der Waals surface area contributed by atoms with E-state index in [1.165, 1.54) is 0 Å². The standard InChI is InChI=1S/C12H25N3O2/c1-5-15(8-11(16)14-9(2)3)12(17)6-10(4)7-13/h9-10H,5-8,13H2,1-4H3,(H,14,16). The Labute approximate surface area is 104 Å². The average Bonchev–Trinajstić information content (AvgIpc) is 2.24. The lowest BCUT2D eigenvalue weighted by molar-refractivity contribution is -0.136. The SMILES string of the molecule is CCN(CC(=O)NC(C)C)C(=O)CC(C)CN. The van der Waals surface area contributed by atoms with Gasteiger partial charge in [0.25, 0.3) is 0 Å². The Hall–Kier alpha value is -1.10. The van der Waals surface area contributed by atoms with Gasteiger partial charge in [-0.15, -0.1) is 0 Å². The van der Waals surface area contributed by atoms with Crippen molar-refractivity contribution in [3.8, 4) is 0 Å². The summed E-state index contributed by atoms with van der Waals surface area (Å²) >= 11 is 0. The largest absolute Gasteiger partial charge is 0.352 e. The number of likely N-dealkylation sites (N-methyl/N-ethyl adjacent to an activating group) is 1. The molecule has 2 amide bonds. The highest BCUT2D eigenvalue weighted by Crippen LogP contribution is 2.03. The van der Waals surface area contributed by atoms with Gasteiger partial charge in [0.05, 0.1) is 6.54 Å². The molecule has 0 rings (SSSR count). The van der Waals surface area contributed by atoms with Crippen molar-refractivity contribution in [1.29, 1.82) is 0 Å². The Balaban J connectivity index is 4.22. The maximum absolute atomic E-state index is 11.9. The van der Waals surface area contributed by atoms with Crippen LogP contribution in [0.2, 0.25) is 0 Å². The quantitative estimate of drug-likeness (QED) is 0.677. The van der Waals surface area contributed by atoms with Gasteiger partial charge in [0.1, 0.15) is 0 Å². The van der Waals surface area contributed by atoms with Crippen molar-refractivity contribution in [3.63, 3.8) is 0 Å². The van der Waals surface area contributed by atoms with E-state index < -0.39 is 0 Å². The van der Waals surface area contributed by atoms with Gasteiger partial charge in [0.15, 0.2) is 0 Å². The highest BCUT2D eigenvalue weighted by molar-refractivity contribution is 5.84. The molecule has 5 nitrogen and oxygen atoms in total. The molecule has 17 heavy (non-hydrogen) atoms. The number of rotatable bonds is 7. The Morgan fingerprint density at radius 1 is 1.29 bits per heavy atom. The van der Waals surface area contributed by atoms with E-state index >= 15 is 0 Å². The number of nitrogens with one attached hydrogen (secondary N) is 1. The fourth-order valence-corrected chi connectivity index (χ4v) is 1.43. The van der Waals surface area contributed by atoms with Gasteiger partial charge in [-0.1, -0.05) is 6.92 Å². The monoisotopic (exact) mass is 243 g/mol. The molecule has 0 aromatic carbocycles. The molecule has 0 fully saturated rings. The van der Waals surface area contributed by atoms with E-state index in [9.17, 15) is 9.59 Å². The maximum Gasteiger partial charge on any atom is 0.239 e. The van der Waals surface area contributed by atoms with Crippen molar-refractivity contribution < 1.29 is 9.59 Å². The van der Waals surface area contributed by atoms with Crippen LogP contribution in [-0.4, -0.2) is 42.4 Å². The summed E-state index contributed by atoms with van der Waals surface area (Å²) in [5.41, 5.74) is 5.48. The van der Waals surface area contributed by atoms with Gasteiger partial charge >= 0.3 is 0 Å². The van der Waals surface area contributed by atoms with Crippen molar-refractivity contribution in [2.24, 2.45) is 11.7 Å². The van der Waals surface area contributed by atoms with Gasteiger partial charge in [0, 0.05) is 19.0 Å². The Morgan fingerprint density at radius 2 is 1.88 bits per heavy atom. The molecule has 0 aliphatic rings. The first-order valence-corrected chi connectivity index (χ1v) is 6.17. The molecule has 0 bridgehead atoms. The van der Waals surface area contributed by atoms with Crippen LogP contribution in [0, 0.1) is 5.92 Å². The Bertz CT molecular complexity index is 254. The Kier molecular flexibility index (Phi) is 7.54. The van der Waals surface area contributed by atoms with E-state index in [1.807, 2.05) is 27.7 Å². The van der Waals surface area contributed by atoms with E-state index in [4.69, 9.17) is 5.73 Å². The van der Waals surface area contributed by atoms with Crippen LogP contribution in [-0.2, 0) is 9.59 Å². The van der Waals surface area contributed by atoms with Gasteiger partial charge in [0.2, 0.25) is 11.8 Å². The van der Waals surface area contributed by atoms with Gasteiger partial charge < -0.3 is 16.0 Å². The molecule has 5 heteroatoms. The second-order valence-corrected chi connectivity index (χ2v) is 4.68. The molecule has 100 valence electrons. The predicted octanol–water partition coefficient (Wildman–Crippen LogP) is 0.344. The van der Waals surface area contributed by atoms with Crippen LogP contribution >= 0.6 is 0 Å². The second kappa shape index (κ2) is 8.06. The third-order valence-corrected chi connectivity index (χ3v) is 2.44. The summed E-state index contributed by atoms with van der Waals surface area (Å²) in [7, 11) is 0. The second-order valence-electron chi connectivity index (χ2n) is 4.68. The molecule has 1 unspecified atom stereocenters. The maximum atomic E-state index is 11.9. The van der Waals surface area contributed by atoms with Gasteiger partial charge in [-0.3, -0.25) is 9.59 Å². The topological polar surface area (TPSA) is 75.4 Å². The molecule has 0 aliphatic carbocycles.